The van der Waals surface area contributed by atoms with Crippen LogP contribution in [0.3, 0.4) is 0 Å². The van der Waals surface area contributed by atoms with Gasteiger partial charge in [-0.3, -0.25) is 0 Å². The van der Waals surface area contributed by atoms with Crippen LogP contribution in [0.1, 0.15) is 0 Å². The fourth-order valence-electron chi connectivity index (χ4n) is 7.58. The van der Waals surface area contributed by atoms with Crippen LogP contribution in [0, 0.1) is 0 Å². The van der Waals surface area contributed by atoms with Crippen molar-refractivity contribution in [3.63, 3.8) is 0 Å². The molecule has 50 heavy (non-hydrogen) atoms. The Labute approximate surface area is 289 Å². The number of thiophene rings is 1. The van der Waals surface area contributed by atoms with E-state index in [4.69, 9.17) is 19.4 Å². The number of aromatic nitrogens is 3. The Kier molecular flexibility index (Phi) is 5.80. The van der Waals surface area contributed by atoms with Gasteiger partial charge in [0.05, 0.1) is 0 Å². The van der Waals surface area contributed by atoms with Crippen LogP contribution in [0.25, 0.3) is 109 Å². The third kappa shape index (κ3) is 4.08. The second-order valence-corrected chi connectivity index (χ2v) is 13.8. The van der Waals surface area contributed by atoms with E-state index in [2.05, 4.69) is 127 Å². The van der Waals surface area contributed by atoms with Gasteiger partial charge in [-0.25, -0.2) is 15.0 Å². The molecular formula is C45H25N3OS. The maximum absolute atomic E-state index is 6.48. The second-order valence-electron chi connectivity index (χ2n) is 12.8. The first kappa shape index (κ1) is 27.5. The first-order chi connectivity index (χ1) is 24.8. The molecule has 0 N–H and O–H groups in total. The quantitative estimate of drug-likeness (QED) is 0.178. The van der Waals surface area contributed by atoms with Gasteiger partial charge in [-0.1, -0.05) is 115 Å². The summed E-state index contributed by atoms with van der Waals surface area (Å²) in [5.74, 6) is 1.96. The van der Waals surface area contributed by atoms with Gasteiger partial charge in [-0.2, -0.15) is 0 Å². The number of benzene rings is 8. The number of hydrogen-bond acceptors (Lipinski definition) is 5. The number of fused-ring (bicyclic) bond motifs is 13. The number of furan rings is 1. The molecule has 0 aliphatic heterocycles. The van der Waals surface area contributed by atoms with Crippen molar-refractivity contribution in [1.29, 1.82) is 0 Å². The van der Waals surface area contributed by atoms with Crippen LogP contribution in [0.4, 0.5) is 0 Å². The van der Waals surface area contributed by atoms with Crippen molar-refractivity contribution >= 4 is 85.8 Å². The van der Waals surface area contributed by atoms with Crippen LogP contribution in [-0.2, 0) is 0 Å². The Balaban J connectivity index is 1.14. The van der Waals surface area contributed by atoms with Crippen molar-refractivity contribution in [3.05, 3.63) is 152 Å². The van der Waals surface area contributed by atoms with Crippen molar-refractivity contribution in [2.45, 2.75) is 0 Å². The first-order valence-electron chi connectivity index (χ1n) is 16.7. The smallest absolute Gasteiger partial charge is 0.164 e. The summed E-state index contributed by atoms with van der Waals surface area (Å²) < 4.78 is 9.01. The molecule has 8 aromatic carbocycles. The van der Waals surface area contributed by atoms with E-state index in [1.165, 1.54) is 41.7 Å². The predicted octanol–water partition coefficient (Wildman–Crippen LogP) is 12.6. The van der Waals surface area contributed by atoms with Gasteiger partial charge < -0.3 is 4.42 Å². The van der Waals surface area contributed by atoms with Crippen molar-refractivity contribution in [2.24, 2.45) is 0 Å². The zero-order valence-electron chi connectivity index (χ0n) is 26.6. The van der Waals surface area contributed by atoms with Crippen LogP contribution >= 0.6 is 11.3 Å². The summed E-state index contributed by atoms with van der Waals surface area (Å²) in [6, 6.07) is 53.2. The molecule has 0 bridgehead atoms. The third-order valence-corrected chi connectivity index (χ3v) is 11.0. The summed E-state index contributed by atoms with van der Waals surface area (Å²) in [6.07, 6.45) is 0. The predicted molar refractivity (Wildman–Crippen MR) is 209 cm³/mol. The van der Waals surface area contributed by atoms with E-state index in [0.29, 0.717) is 17.5 Å². The molecule has 232 valence electrons. The highest BCUT2D eigenvalue weighted by Gasteiger charge is 2.19. The molecule has 11 rings (SSSR count). The van der Waals surface area contributed by atoms with Gasteiger partial charge in [0.15, 0.2) is 17.5 Å². The zero-order chi connectivity index (χ0) is 32.8. The van der Waals surface area contributed by atoms with Gasteiger partial charge in [-0.15, -0.1) is 11.3 Å². The van der Waals surface area contributed by atoms with Crippen LogP contribution in [0.5, 0.6) is 0 Å². The summed E-state index contributed by atoms with van der Waals surface area (Å²) in [5, 5.41) is 11.8. The van der Waals surface area contributed by atoms with Gasteiger partial charge in [0.2, 0.25) is 0 Å². The standard InChI is InChI=1S/C45H25N3OS/c1-2-10-26(11-3-1)43-46-44(48-45(47-43)29-20-23-39-36(25-29)31-12-7-9-17-38(31)50-39)28-19-21-30-27(24-28)18-22-35-40(30)32-13-4-5-14-33(32)42-41(35)34-15-6-8-16-37(34)49-42/h1-25H. The average Bonchev–Trinajstić information content (AvgIpc) is 3.76. The topological polar surface area (TPSA) is 51.8 Å². The molecule has 0 atom stereocenters. The lowest BCUT2D eigenvalue weighted by Crippen LogP contribution is -2.00. The van der Waals surface area contributed by atoms with Crippen molar-refractivity contribution in [1.82, 2.24) is 15.0 Å². The van der Waals surface area contributed by atoms with Crippen molar-refractivity contribution in [2.75, 3.05) is 0 Å². The van der Waals surface area contributed by atoms with E-state index in [1.54, 1.807) is 0 Å². The molecule has 5 heteroatoms. The fraction of sp³-hybridized carbons (Fsp3) is 0. The van der Waals surface area contributed by atoms with Crippen LogP contribution in [-0.4, -0.2) is 15.0 Å². The van der Waals surface area contributed by atoms with E-state index in [1.807, 2.05) is 35.6 Å². The molecule has 0 radical (unpaired) electrons. The van der Waals surface area contributed by atoms with Gasteiger partial charge in [0.1, 0.15) is 11.2 Å². The molecular weight excluding hydrogens is 631 g/mol. The van der Waals surface area contributed by atoms with Crippen LogP contribution < -0.4 is 0 Å². The summed E-state index contributed by atoms with van der Waals surface area (Å²) in [6.45, 7) is 0. The first-order valence-corrected chi connectivity index (χ1v) is 17.5. The molecule has 0 spiro atoms. The van der Waals surface area contributed by atoms with Gasteiger partial charge >= 0.3 is 0 Å². The SMILES string of the molecule is c1ccc(-c2nc(-c3ccc4c(ccc5c4c4ccccc4c4oc6ccccc6c54)c3)nc(-c3ccc4sc5ccccc5c4c3)n2)cc1. The Hall–Kier alpha value is -6.43. The molecule has 4 nitrogen and oxygen atoms in total. The number of para-hydroxylation sites is 1. The summed E-state index contributed by atoms with van der Waals surface area (Å²) in [7, 11) is 0. The van der Waals surface area contributed by atoms with Crippen LogP contribution in [0.2, 0.25) is 0 Å². The van der Waals surface area contributed by atoms with E-state index >= 15 is 0 Å². The van der Waals surface area contributed by atoms with Crippen molar-refractivity contribution in [3.8, 4) is 34.2 Å². The minimum absolute atomic E-state index is 0.646. The van der Waals surface area contributed by atoms with Crippen LogP contribution in [0.15, 0.2) is 156 Å². The van der Waals surface area contributed by atoms with Gasteiger partial charge in [-0.05, 0) is 63.3 Å². The Morgan fingerprint density at radius 3 is 1.84 bits per heavy atom. The molecule has 0 aliphatic carbocycles. The number of rotatable bonds is 3. The molecule has 3 heterocycles. The summed E-state index contributed by atoms with van der Waals surface area (Å²) in [4.78, 5) is 15.2. The average molecular weight is 656 g/mol. The third-order valence-electron chi connectivity index (χ3n) is 9.89. The fourth-order valence-corrected chi connectivity index (χ4v) is 8.67. The zero-order valence-corrected chi connectivity index (χ0v) is 27.4. The largest absolute Gasteiger partial charge is 0.455 e. The number of hydrogen-bond donors (Lipinski definition) is 0. The van der Waals surface area contributed by atoms with E-state index in [-0.39, 0.29) is 0 Å². The molecule has 11 aromatic rings. The summed E-state index contributed by atoms with van der Waals surface area (Å²) in [5.41, 5.74) is 4.70. The highest BCUT2D eigenvalue weighted by Crippen LogP contribution is 2.44. The Morgan fingerprint density at radius 1 is 0.380 bits per heavy atom. The van der Waals surface area contributed by atoms with E-state index in [9.17, 15) is 0 Å². The number of nitrogens with zero attached hydrogens (tertiary/aromatic N) is 3. The normalized spacial score (nSPS) is 12.0. The lowest BCUT2D eigenvalue weighted by Gasteiger charge is -2.12. The highest BCUT2D eigenvalue weighted by atomic mass is 32.1. The molecule has 3 aromatic heterocycles. The lowest BCUT2D eigenvalue weighted by atomic mass is 9.92. The second kappa shape index (κ2) is 10.5. The molecule has 0 fully saturated rings. The Morgan fingerprint density at radius 2 is 1.00 bits per heavy atom. The minimum atomic E-state index is 0.646. The maximum Gasteiger partial charge on any atom is 0.164 e. The molecule has 0 amide bonds. The molecule has 0 unspecified atom stereocenters. The maximum atomic E-state index is 6.48. The van der Waals surface area contributed by atoms with Crippen molar-refractivity contribution < 1.29 is 4.42 Å². The Bertz CT molecular complexity index is 3160. The molecule has 0 saturated heterocycles. The minimum Gasteiger partial charge on any atom is -0.455 e. The molecule has 0 aliphatic rings. The van der Waals surface area contributed by atoms with Gasteiger partial charge in [0, 0.05) is 53.0 Å². The lowest BCUT2D eigenvalue weighted by molar-refractivity contribution is 0.673. The van der Waals surface area contributed by atoms with E-state index < -0.39 is 0 Å². The molecule has 0 saturated carbocycles. The monoisotopic (exact) mass is 655 g/mol. The summed E-state index contributed by atoms with van der Waals surface area (Å²) >= 11 is 1.81. The van der Waals surface area contributed by atoms with E-state index in [0.717, 1.165) is 49.4 Å². The van der Waals surface area contributed by atoms with Gasteiger partial charge in [0.25, 0.3) is 0 Å². The highest BCUT2D eigenvalue weighted by molar-refractivity contribution is 7.25.